The summed E-state index contributed by atoms with van der Waals surface area (Å²) in [6, 6.07) is 4.07. The number of hydrogen-bond acceptors (Lipinski definition) is 3. The van der Waals surface area contributed by atoms with Gasteiger partial charge < -0.3 is 14.8 Å². The molecule has 18 heavy (non-hydrogen) atoms. The maximum Gasteiger partial charge on any atom is 0.174 e. The minimum Gasteiger partial charge on any atom is -0.493 e. The van der Waals surface area contributed by atoms with Gasteiger partial charge in [-0.2, -0.15) is 0 Å². The lowest BCUT2D eigenvalue weighted by atomic mass is 10.1. The zero-order chi connectivity index (χ0) is 13.5. The standard InChI is InChI=1S/C14H22BrNO2/c1-10(2)5-6-16-9-11-7-12(15)14(18-4)13(8-11)17-3/h7-8,10,16H,5-6,9H2,1-4H3. The van der Waals surface area contributed by atoms with Gasteiger partial charge in [0.15, 0.2) is 11.5 Å². The second-order valence-electron chi connectivity index (χ2n) is 4.67. The molecule has 0 heterocycles. The molecule has 1 rings (SSSR count). The fourth-order valence-electron chi connectivity index (χ4n) is 1.70. The molecule has 0 aliphatic rings. The Kier molecular flexibility index (Phi) is 6.50. The zero-order valence-electron chi connectivity index (χ0n) is 11.5. The largest absolute Gasteiger partial charge is 0.493 e. The third kappa shape index (κ3) is 4.50. The van der Waals surface area contributed by atoms with Gasteiger partial charge in [0.25, 0.3) is 0 Å². The monoisotopic (exact) mass is 315 g/mol. The molecule has 0 unspecified atom stereocenters. The highest BCUT2D eigenvalue weighted by Gasteiger charge is 2.10. The molecule has 0 saturated heterocycles. The molecule has 0 aliphatic carbocycles. The highest BCUT2D eigenvalue weighted by Crippen LogP contribution is 2.36. The van der Waals surface area contributed by atoms with E-state index in [0.717, 1.165) is 35.0 Å². The van der Waals surface area contributed by atoms with Gasteiger partial charge in [-0.05, 0) is 52.5 Å². The Hall–Kier alpha value is -0.740. The van der Waals surface area contributed by atoms with Crippen LogP contribution < -0.4 is 14.8 Å². The van der Waals surface area contributed by atoms with Crippen LogP contribution in [0.25, 0.3) is 0 Å². The topological polar surface area (TPSA) is 30.5 Å². The number of halogens is 1. The second-order valence-corrected chi connectivity index (χ2v) is 5.53. The molecule has 0 fully saturated rings. The molecule has 0 aliphatic heterocycles. The molecule has 0 aromatic heterocycles. The van der Waals surface area contributed by atoms with Gasteiger partial charge in [0.1, 0.15) is 0 Å². The van der Waals surface area contributed by atoms with Crippen molar-refractivity contribution >= 4 is 15.9 Å². The van der Waals surface area contributed by atoms with Crippen LogP contribution in [-0.2, 0) is 6.54 Å². The average molecular weight is 316 g/mol. The summed E-state index contributed by atoms with van der Waals surface area (Å²) in [7, 11) is 3.30. The van der Waals surface area contributed by atoms with Crippen LogP contribution in [0, 0.1) is 5.92 Å². The maximum atomic E-state index is 5.32. The molecule has 3 nitrogen and oxygen atoms in total. The Morgan fingerprint density at radius 2 is 1.94 bits per heavy atom. The fourth-order valence-corrected chi connectivity index (χ4v) is 2.35. The predicted octanol–water partition coefficient (Wildman–Crippen LogP) is 3.60. The van der Waals surface area contributed by atoms with Crippen LogP contribution in [0.5, 0.6) is 11.5 Å². The van der Waals surface area contributed by atoms with E-state index in [1.54, 1.807) is 14.2 Å². The Labute approximate surface area is 118 Å². The van der Waals surface area contributed by atoms with Crippen molar-refractivity contribution in [2.24, 2.45) is 5.92 Å². The van der Waals surface area contributed by atoms with E-state index in [9.17, 15) is 0 Å². The number of rotatable bonds is 7. The quantitative estimate of drug-likeness (QED) is 0.780. The number of hydrogen-bond donors (Lipinski definition) is 1. The van der Waals surface area contributed by atoms with Crippen molar-refractivity contribution in [1.29, 1.82) is 0 Å². The summed E-state index contributed by atoms with van der Waals surface area (Å²) < 4.78 is 11.5. The SMILES string of the molecule is COc1cc(CNCCC(C)C)cc(Br)c1OC. The van der Waals surface area contributed by atoms with Crippen molar-refractivity contribution < 1.29 is 9.47 Å². The summed E-state index contributed by atoms with van der Waals surface area (Å²) in [6.07, 6.45) is 1.19. The van der Waals surface area contributed by atoms with Crippen molar-refractivity contribution in [2.45, 2.75) is 26.8 Å². The van der Waals surface area contributed by atoms with E-state index in [1.807, 2.05) is 6.07 Å². The molecule has 0 amide bonds. The van der Waals surface area contributed by atoms with Crippen LogP contribution in [0.2, 0.25) is 0 Å². The summed E-state index contributed by atoms with van der Waals surface area (Å²) >= 11 is 3.50. The third-order valence-corrected chi connectivity index (χ3v) is 3.31. The van der Waals surface area contributed by atoms with Gasteiger partial charge in [-0.15, -0.1) is 0 Å². The van der Waals surface area contributed by atoms with Crippen molar-refractivity contribution in [3.8, 4) is 11.5 Å². The number of nitrogens with one attached hydrogen (secondary N) is 1. The summed E-state index contributed by atoms with van der Waals surface area (Å²) in [4.78, 5) is 0. The van der Waals surface area contributed by atoms with E-state index < -0.39 is 0 Å². The normalized spacial score (nSPS) is 10.8. The van der Waals surface area contributed by atoms with Crippen LogP contribution in [0.4, 0.5) is 0 Å². The van der Waals surface area contributed by atoms with E-state index in [0.29, 0.717) is 0 Å². The second kappa shape index (κ2) is 7.64. The minimum atomic E-state index is 0.731. The van der Waals surface area contributed by atoms with Gasteiger partial charge in [0, 0.05) is 6.54 Å². The van der Waals surface area contributed by atoms with Gasteiger partial charge in [-0.3, -0.25) is 0 Å². The maximum absolute atomic E-state index is 5.32. The summed E-state index contributed by atoms with van der Waals surface area (Å²) in [5, 5.41) is 3.43. The number of ether oxygens (including phenoxy) is 2. The van der Waals surface area contributed by atoms with Crippen LogP contribution in [0.1, 0.15) is 25.8 Å². The lowest BCUT2D eigenvalue weighted by Gasteiger charge is -2.13. The van der Waals surface area contributed by atoms with Gasteiger partial charge in [0.2, 0.25) is 0 Å². The smallest absolute Gasteiger partial charge is 0.174 e. The fraction of sp³-hybridized carbons (Fsp3) is 0.571. The lowest BCUT2D eigenvalue weighted by Crippen LogP contribution is -2.16. The summed E-state index contributed by atoms with van der Waals surface area (Å²) in [6.45, 7) is 6.33. The van der Waals surface area contributed by atoms with Crippen molar-refractivity contribution in [3.63, 3.8) is 0 Å². The molecule has 1 N–H and O–H groups in total. The van der Waals surface area contributed by atoms with Gasteiger partial charge in [-0.25, -0.2) is 0 Å². The molecule has 1 aromatic carbocycles. The van der Waals surface area contributed by atoms with Crippen molar-refractivity contribution in [2.75, 3.05) is 20.8 Å². The highest BCUT2D eigenvalue weighted by atomic mass is 79.9. The lowest BCUT2D eigenvalue weighted by molar-refractivity contribution is 0.352. The van der Waals surface area contributed by atoms with Crippen LogP contribution in [-0.4, -0.2) is 20.8 Å². The Morgan fingerprint density at radius 3 is 2.50 bits per heavy atom. The van der Waals surface area contributed by atoms with Gasteiger partial charge in [0.05, 0.1) is 18.7 Å². The first kappa shape index (κ1) is 15.3. The molecule has 0 bridgehead atoms. The predicted molar refractivity (Wildman–Crippen MR) is 78.4 cm³/mol. The Balaban J connectivity index is 2.64. The first-order valence-electron chi connectivity index (χ1n) is 6.19. The molecular weight excluding hydrogens is 294 g/mol. The molecular formula is C14H22BrNO2. The van der Waals surface area contributed by atoms with E-state index >= 15 is 0 Å². The van der Waals surface area contributed by atoms with Crippen LogP contribution in [0.3, 0.4) is 0 Å². The minimum absolute atomic E-state index is 0.731. The van der Waals surface area contributed by atoms with Crippen LogP contribution >= 0.6 is 15.9 Å². The number of benzene rings is 1. The van der Waals surface area contributed by atoms with E-state index in [2.05, 4.69) is 41.2 Å². The van der Waals surface area contributed by atoms with Crippen molar-refractivity contribution in [1.82, 2.24) is 5.32 Å². The molecule has 0 radical (unpaired) electrons. The summed E-state index contributed by atoms with van der Waals surface area (Å²) in [5.74, 6) is 2.23. The molecule has 102 valence electrons. The zero-order valence-corrected chi connectivity index (χ0v) is 13.1. The van der Waals surface area contributed by atoms with E-state index in [1.165, 1.54) is 12.0 Å². The highest BCUT2D eigenvalue weighted by molar-refractivity contribution is 9.10. The van der Waals surface area contributed by atoms with Crippen molar-refractivity contribution in [3.05, 3.63) is 22.2 Å². The first-order chi connectivity index (χ1) is 8.58. The Bertz CT molecular complexity index is 380. The number of methoxy groups -OCH3 is 2. The van der Waals surface area contributed by atoms with Gasteiger partial charge in [-0.1, -0.05) is 13.8 Å². The third-order valence-electron chi connectivity index (χ3n) is 2.72. The van der Waals surface area contributed by atoms with Gasteiger partial charge >= 0.3 is 0 Å². The summed E-state index contributed by atoms with van der Waals surface area (Å²) in [5.41, 5.74) is 1.18. The van der Waals surface area contributed by atoms with E-state index in [4.69, 9.17) is 9.47 Å². The molecule has 0 saturated carbocycles. The average Bonchev–Trinajstić information content (AvgIpc) is 2.33. The molecule has 0 atom stereocenters. The van der Waals surface area contributed by atoms with Crippen LogP contribution in [0.15, 0.2) is 16.6 Å². The molecule has 0 spiro atoms. The Morgan fingerprint density at radius 1 is 1.22 bits per heavy atom. The molecule has 4 heteroatoms. The first-order valence-corrected chi connectivity index (χ1v) is 6.99. The van der Waals surface area contributed by atoms with E-state index in [-0.39, 0.29) is 0 Å². The molecule has 1 aromatic rings.